The Bertz CT molecular complexity index is 1050. The standard InChI is InChI=1S/C22H21FN4O/c1-3-27-22(28)16-9-18(13(2)19(23)10-16)14-6-7-17(20(24)11-14)21(25)15-5-4-8-26-12-15/h4-12,25H,3,24H2,1-2H3,(H,27,28). The summed E-state index contributed by atoms with van der Waals surface area (Å²) in [5.41, 5.74) is 10.0. The van der Waals surface area contributed by atoms with Crippen molar-refractivity contribution in [1.29, 1.82) is 5.41 Å². The van der Waals surface area contributed by atoms with E-state index >= 15 is 0 Å². The van der Waals surface area contributed by atoms with Gasteiger partial charge in [0.1, 0.15) is 5.82 Å². The van der Waals surface area contributed by atoms with Gasteiger partial charge in [-0.3, -0.25) is 15.2 Å². The molecule has 6 heteroatoms. The number of nitrogens with zero attached hydrogens (tertiary/aromatic N) is 1. The predicted molar refractivity (Wildman–Crippen MR) is 109 cm³/mol. The highest BCUT2D eigenvalue weighted by Gasteiger charge is 2.15. The van der Waals surface area contributed by atoms with Crippen LogP contribution in [0.4, 0.5) is 10.1 Å². The molecule has 0 atom stereocenters. The van der Waals surface area contributed by atoms with E-state index in [0.717, 1.165) is 0 Å². The first-order chi connectivity index (χ1) is 13.4. The number of nitrogens with one attached hydrogen (secondary N) is 2. The average molecular weight is 376 g/mol. The first-order valence-corrected chi connectivity index (χ1v) is 8.90. The molecule has 1 heterocycles. The molecule has 0 aliphatic carbocycles. The summed E-state index contributed by atoms with van der Waals surface area (Å²) in [6, 6.07) is 11.6. The Morgan fingerprint density at radius 1 is 1.21 bits per heavy atom. The van der Waals surface area contributed by atoms with Gasteiger partial charge in [-0.15, -0.1) is 0 Å². The highest BCUT2D eigenvalue weighted by Crippen LogP contribution is 2.30. The Kier molecular flexibility index (Phi) is 5.49. The molecule has 0 spiro atoms. The number of hydrogen-bond acceptors (Lipinski definition) is 4. The smallest absolute Gasteiger partial charge is 0.251 e. The number of halogens is 1. The molecule has 1 amide bonds. The first kappa shape index (κ1) is 19.2. The van der Waals surface area contributed by atoms with Crippen LogP contribution in [-0.2, 0) is 0 Å². The molecule has 3 aromatic rings. The van der Waals surface area contributed by atoms with Crippen LogP contribution >= 0.6 is 0 Å². The first-order valence-electron chi connectivity index (χ1n) is 8.90. The van der Waals surface area contributed by atoms with E-state index in [4.69, 9.17) is 11.1 Å². The van der Waals surface area contributed by atoms with Crippen LogP contribution in [0.3, 0.4) is 0 Å². The van der Waals surface area contributed by atoms with Crippen molar-refractivity contribution >= 4 is 17.3 Å². The molecule has 28 heavy (non-hydrogen) atoms. The third-order valence-electron chi connectivity index (χ3n) is 4.53. The van der Waals surface area contributed by atoms with Crippen LogP contribution in [0.5, 0.6) is 0 Å². The van der Waals surface area contributed by atoms with E-state index in [1.807, 2.05) is 0 Å². The number of aromatic nitrogens is 1. The molecule has 4 N–H and O–H groups in total. The molecule has 0 saturated carbocycles. The van der Waals surface area contributed by atoms with Crippen LogP contribution in [0.2, 0.25) is 0 Å². The predicted octanol–water partition coefficient (Wildman–Crippen LogP) is 3.94. The topological polar surface area (TPSA) is 91.9 Å². The van der Waals surface area contributed by atoms with Gasteiger partial charge in [0.05, 0.1) is 5.71 Å². The van der Waals surface area contributed by atoms with Gasteiger partial charge in [0, 0.05) is 41.3 Å². The normalized spacial score (nSPS) is 10.5. The summed E-state index contributed by atoms with van der Waals surface area (Å²) < 4.78 is 14.4. The molecule has 0 fully saturated rings. The minimum Gasteiger partial charge on any atom is -0.398 e. The SMILES string of the molecule is CCNC(=O)c1cc(F)c(C)c(-c2ccc(C(=N)c3cccnc3)c(N)c2)c1. The fraction of sp³-hybridized carbons (Fsp3) is 0.136. The fourth-order valence-corrected chi connectivity index (χ4v) is 3.00. The van der Waals surface area contributed by atoms with Gasteiger partial charge in [-0.25, -0.2) is 4.39 Å². The Morgan fingerprint density at radius 3 is 2.64 bits per heavy atom. The van der Waals surface area contributed by atoms with Crippen molar-refractivity contribution in [2.24, 2.45) is 0 Å². The van der Waals surface area contributed by atoms with Crippen LogP contribution in [0, 0.1) is 18.2 Å². The number of carbonyl (C=O) groups is 1. The van der Waals surface area contributed by atoms with Crippen LogP contribution < -0.4 is 11.1 Å². The molecule has 0 aliphatic rings. The summed E-state index contributed by atoms with van der Waals surface area (Å²) in [5, 5.41) is 11.0. The van der Waals surface area contributed by atoms with E-state index in [2.05, 4.69) is 10.3 Å². The van der Waals surface area contributed by atoms with Crippen molar-refractivity contribution < 1.29 is 9.18 Å². The maximum Gasteiger partial charge on any atom is 0.251 e. The highest BCUT2D eigenvalue weighted by molar-refractivity contribution is 6.14. The zero-order valence-corrected chi connectivity index (χ0v) is 15.7. The molecule has 0 saturated heterocycles. The molecular formula is C22H21FN4O. The zero-order chi connectivity index (χ0) is 20.3. The molecule has 142 valence electrons. The molecule has 0 aliphatic heterocycles. The van der Waals surface area contributed by atoms with Crippen molar-refractivity contribution in [3.63, 3.8) is 0 Å². The number of amides is 1. The maximum atomic E-state index is 14.4. The lowest BCUT2D eigenvalue weighted by molar-refractivity contribution is 0.0955. The molecule has 0 unspecified atom stereocenters. The van der Waals surface area contributed by atoms with Crippen LogP contribution in [0.1, 0.15) is 34.0 Å². The summed E-state index contributed by atoms with van der Waals surface area (Å²) in [6.45, 7) is 3.93. The number of anilines is 1. The number of nitrogen functional groups attached to an aromatic ring is 1. The van der Waals surface area contributed by atoms with Crippen molar-refractivity contribution in [3.8, 4) is 11.1 Å². The van der Waals surface area contributed by atoms with E-state index in [9.17, 15) is 9.18 Å². The van der Waals surface area contributed by atoms with E-state index in [-0.39, 0.29) is 17.2 Å². The van der Waals surface area contributed by atoms with E-state index in [0.29, 0.717) is 40.0 Å². The van der Waals surface area contributed by atoms with Crippen molar-refractivity contribution in [3.05, 3.63) is 82.9 Å². The van der Waals surface area contributed by atoms with E-state index in [1.54, 1.807) is 62.6 Å². The maximum absolute atomic E-state index is 14.4. The number of carbonyl (C=O) groups excluding carboxylic acids is 1. The van der Waals surface area contributed by atoms with Gasteiger partial charge in [-0.2, -0.15) is 0 Å². The summed E-state index contributed by atoms with van der Waals surface area (Å²) >= 11 is 0. The Hall–Kier alpha value is -3.54. The number of hydrogen-bond donors (Lipinski definition) is 3. The molecular weight excluding hydrogens is 355 g/mol. The molecule has 5 nitrogen and oxygen atoms in total. The summed E-state index contributed by atoms with van der Waals surface area (Å²) in [5.74, 6) is -0.782. The number of benzene rings is 2. The van der Waals surface area contributed by atoms with E-state index in [1.165, 1.54) is 6.07 Å². The van der Waals surface area contributed by atoms with Gasteiger partial charge in [-0.1, -0.05) is 12.1 Å². The number of rotatable bonds is 5. The van der Waals surface area contributed by atoms with Gasteiger partial charge < -0.3 is 11.1 Å². The van der Waals surface area contributed by atoms with Gasteiger partial charge in [0.25, 0.3) is 5.91 Å². The van der Waals surface area contributed by atoms with Gasteiger partial charge in [0.15, 0.2) is 0 Å². The monoisotopic (exact) mass is 376 g/mol. The zero-order valence-electron chi connectivity index (χ0n) is 15.7. The average Bonchev–Trinajstić information content (AvgIpc) is 2.70. The summed E-state index contributed by atoms with van der Waals surface area (Å²) in [4.78, 5) is 16.1. The van der Waals surface area contributed by atoms with Crippen LogP contribution in [0.15, 0.2) is 54.9 Å². The van der Waals surface area contributed by atoms with Gasteiger partial charge in [0.2, 0.25) is 0 Å². The third kappa shape index (κ3) is 3.76. The molecule has 1 aromatic heterocycles. The number of pyridine rings is 1. The van der Waals surface area contributed by atoms with Crippen LogP contribution in [-0.4, -0.2) is 23.1 Å². The lowest BCUT2D eigenvalue weighted by Gasteiger charge is -2.13. The molecule has 0 bridgehead atoms. The van der Waals surface area contributed by atoms with Gasteiger partial charge >= 0.3 is 0 Å². The van der Waals surface area contributed by atoms with Crippen molar-refractivity contribution in [1.82, 2.24) is 10.3 Å². The molecule has 3 rings (SSSR count). The van der Waals surface area contributed by atoms with Crippen LogP contribution in [0.25, 0.3) is 11.1 Å². The minimum absolute atomic E-state index is 0.255. The second-order valence-corrected chi connectivity index (χ2v) is 6.41. The molecule has 0 radical (unpaired) electrons. The lowest BCUT2D eigenvalue weighted by Crippen LogP contribution is -2.23. The summed E-state index contributed by atoms with van der Waals surface area (Å²) in [7, 11) is 0. The highest BCUT2D eigenvalue weighted by atomic mass is 19.1. The second kappa shape index (κ2) is 8.00. The third-order valence-corrected chi connectivity index (χ3v) is 4.53. The van der Waals surface area contributed by atoms with E-state index < -0.39 is 5.82 Å². The second-order valence-electron chi connectivity index (χ2n) is 6.41. The summed E-state index contributed by atoms with van der Waals surface area (Å²) in [6.07, 6.45) is 3.24. The number of nitrogens with two attached hydrogens (primary N) is 1. The van der Waals surface area contributed by atoms with Crippen molar-refractivity contribution in [2.75, 3.05) is 12.3 Å². The Labute approximate surface area is 162 Å². The Balaban J connectivity index is 2.02. The quantitative estimate of drug-likeness (QED) is 0.465. The van der Waals surface area contributed by atoms with Crippen molar-refractivity contribution in [2.45, 2.75) is 13.8 Å². The van der Waals surface area contributed by atoms with Gasteiger partial charge in [-0.05, 0) is 60.9 Å². The lowest BCUT2D eigenvalue weighted by atomic mass is 9.94. The fourth-order valence-electron chi connectivity index (χ4n) is 3.00. The minimum atomic E-state index is -0.454. The molecule has 2 aromatic carbocycles. The largest absolute Gasteiger partial charge is 0.398 e. The Morgan fingerprint density at radius 2 is 2.00 bits per heavy atom.